The van der Waals surface area contributed by atoms with E-state index in [1.54, 1.807) is 0 Å². The van der Waals surface area contributed by atoms with Crippen LogP contribution >= 0.6 is 0 Å². The lowest BCUT2D eigenvalue weighted by Gasteiger charge is -2.38. The molecule has 0 spiro atoms. The van der Waals surface area contributed by atoms with Gasteiger partial charge in [-0.1, -0.05) is 26.0 Å². The third-order valence-corrected chi connectivity index (χ3v) is 6.25. The number of aryl methyl sites for hydroxylation is 1. The molecule has 6 heteroatoms. The lowest BCUT2D eigenvalue weighted by atomic mass is 9.92. The van der Waals surface area contributed by atoms with Crippen LogP contribution in [0.3, 0.4) is 0 Å². The van der Waals surface area contributed by atoms with Gasteiger partial charge in [0.2, 0.25) is 5.91 Å². The molecular weight excluding hydrogens is 364 g/mol. The number of nitrogens with one attached hydrogen (secondary N) is 1. The largest absolute Gasteiger partial charge is 0.351 e. The van der Waals surface area contributed by atoms with E-state index in [9.17, 15) is 9.59 Å². The molecule has 4 rings (SSSR count). The number of H-pyrrole nitrogens is 1. The van der Waals surface area contributed by atoms with E-state index in [1.165, 1.54) is 12.0 Å². The maximum atomic E-state index is 12.9. The molecule has 0 radical (unpaired) electrons. The van der Waals surface area contributed by atoms with E-state index in [1.807, 2.05) is 28.9 Å². The Morgan fingerprint density at radius 2 is 1.69 bits per heavy atom. The first-order valence-electron chi connectivity index (χ1n) is 10.8. The Morgan fingerprint density at radius 3 is 2.38 bits per heavy atom. The van der Waals surface area contributed by atoms with E-state index >= 15 is 0 Å². The van der Waals surface area contributed by atoms with E-state index in [4.69, 9.17) is 0 Å². The Hall–Kier alpha value is -2.34. The van der Waals surface area contributed by atoms with Crippen molar-refractivity contribution in [2.75, 3.05) is 45.8 Å². The molecular formula is C23H32N4O2. The molecule has 0 bridgehead atoms. The Balaban J connectivity index is 1.31. The molecule has 0 aliphatic carbocycles. The number of aromatic nitrogens is 1. The summed E-state index contributed by atoms with van der Waals surface area (Å²) in [5.74, 6) is 1.44. The van der Waals surface area contributed by atoms with Gasteiger partial charge in [0.05, 0.1) is 6.54 Å². The van der Waals surface area contributed by atoms with Gasteiger partial charge in [-0.05, 0) is 42.9 Å². The Labute approximate surface area is 172 Å². The molecule has 2 aliphatic rings. The second-order valence-electron chi connectivity index (χ2n) is 9.09. The van der Waals surface area contributed by atoms with E-state index in [0.29, 0.717) is 37.2 Å². The van der Waals surface area contributed by atoms with Gasteiger partial charge in [0.25, 0.3) is 5.91 Å². The van der Waals surface area contributed by atoms with Crippen molar-refractivity contribution in [1.29, 1.82) is 0 Å². The van der Waals surface area contributed by atoms with E-state index in [0.717, 1.165) is 37.1 Å². The number of aromatic amines is 1. The van der Waals surface area contributed by atoms with Crippen molar-refractivity contribution in [1.82, 2.24) is 19.7 Å². The summed E-state index contributed by atoms with van der Waals surface area (Å²) in [6, 6.07) is 8.11. The molecule has 2 saturated heterocycles. The van der Waals surface area contributed by atoms with Gasteiger partial charge in [0, 0.05) is 50.2 Å². The monoisotopic (exact) mass is 396 g/mol. The number of hydrogen-bond acceptors (Lipinski definition) is 3. The summed E-state index contributed by atoms with van der Waals surface area (Å²) in [5.41, 5.74) is 2.82. The van der Waals surface area contributed by atoms with Gasteiger partial charge < -0.3 is 14.8 Å². The van der Waals surface area contributed by atoms with Crippen molar-refractivity contribution in [3.63, 3.8) is 0 Å². The third-order valence-electron chi connectivity index (χ3n) is 6.25. The quantitative estimate of drug-likeness (QED) is 0.868. The summed E-state index contributed by atoms with van der Waals surface area (Å²) >= 11 is 0. The van der Waals surface area contributed by atoms with Crippen molar-refractivity contribution < 1.29 is 9.59 Å². The number of piperidine rings is 1. The first-order chi connectivity index (χ1) is 13.9. The van der Waals surface area contributed by atoms with Gasteiger partial charge in [-0.15, -0.1) is 0 Å². The minimum Gasteiger partial charge on any atom is -0.351 e. The number of likely N-dealkylation sites (tertiary alicyclic amines) is 1. The summed E-state index contributed by atoms with van der Waals surface area (Å²) in [6.07, 6.45) is 1.21. The lowest BCUT2D eigenvalue weighted by molar-refractivity contribution is -0.135. The van der Waals surface area contributed by atoms with Crippen LogP contribution < -0.4 is 0 Å². The minimum absolute atomic E-state index is 0.0449. The molecule has 0 saturated carbocycles. The fraction of sp³-hybridized carbons (Fsp3) is 0.565. The van der Waals surface area contributed by atoms with E-state index < -0.39 is 0 Å². The van der Waals surface area contributed by atoms with Gasteiger partial charge in [0.1, 0.15) is 5.69 Å². The SMILES string of the molecule is Cc1ccc2cc(C(=O)N3CCN(CC(=O)N4CC(C)CC(C)C4)CC3)[nH]c2c1. The first-order valence-corrected chi connectivity index (χ1v) is 10.8. The zero-order valence-corrected chi connectivity index (χ0v) is 17.8. The molecule has 3 heterocycles. The highest BCUT2D eigenvalue weighted by Crippen LogP contribution is 2.21. The van der Waals surface area contributed by atoms with Crippen molar-refractivity contribution in [3.05, 3.63) is 35.5 Å². The molecule has 2 amide bonds. The molecule has 156 valence electrons. The summed E-state index contributed by atoms with van der Waals surface area (Å²) in [7, 11) is 0. The molecule has 29 heavy (non-hydrogen) atoms. The molecule has 2 aliphatic heterocycles. The van der Waals surface area contributed by atoms with Gasteiger partial charge in [-0.2, -0.15) is 0 Å². The minimum atomic E-state index is 0.0449. The second-order valence-corrected chi connectivity index (χ2v) is 9.09. The topological polar surface area (TPSA) is 59.7 Å². The van der Waals surface area contributed by atoms with Crippen LogP contribution in [0, 0.1) is 18.8 Å². The highest BCUT2D eigenvalue weighted by molar-refractivity contribution is 5.98. The summed E-state index contributed by atoms with van der Waals surface area (Å²) in [6.45, 7) is 11.5. The lowest BCUT2D eigenvalue weighted by Crippen LogP contribution is -2.53. The molecule has 1 N–H and O–H groups in total. The van der Waals surface area contributed by atoms with Crippen LogP contribution in [0.25, 0.3) is 10.9 Å². The number of carbonyl (C=O) groups is 2. The van der Waals surface area contributed by atoms with Gasteiger partial charge in [0.15, 0.2) is 0 Å². The summed E-state index contributed by atoms with van der Waals surface area (Å²) in [4.78, 5) is 35.0. The van der Waals surface area contributed by atoms with Crippen LogP contribution in [0.1, 0.15) is 36.3 Å². The molecule has 2 atom stereocenters. The van der Waals surface area contributed by atoms with Crippen molar-refractivity contribution in [2.45, 2.75) is 27.2 Å². The number of hydrogen-bond donors (Lipinski definition) is 1. The van der Waals surface area contributed by atoms with E-state index in [2.05, 4.69) is 35.9 Å². The highest BCUT2D eigenvalue weighted by atomic mass is 16.2. The van der Waals surface area contributed by atoms with Crippen LogP contribution in [-0.4, -0.2) is 77.3 Å². The number of nitrogens with zero attached hydrogens (tertiary/aromatic N) is 3. The van der Waals surface area contributed by atoms with Crippen LogP contribution in [0.5, 0.6) is 0 Å². The first kappa shape index (κ1) is 20.0. The average Bonchev–Trinajstić information content (AvgIpc) is 3.10. The average molecular weight is 397 g/mol. The maximum absolute atomic E-state index is 12.9. The fourth-order valence-corrected chi connectivity index (χ4v) is 4.79. The Morgan fingerprint density at radius 1 is 1.00 bits per heavy atom. The summed E-state index contributed by atoms with van der Waals surface area (Å²) < 4.78 is 0. The molecule has 2 unspecified atom stereocenters. The molecule has 1 aromatic heterocycles. The predicted molar refractivity (Wildman–Crippen MR) is 115 cm³/mol. The molecule has 6 nitrogen and oxygen atoms in total. The maximum Gasteiger partial charge on any atom is 0.270 e. The zero-order chi connectivity index (χ0) is 20.5. The zero-order valence-electron chi connectivity index (χ0n) is 17.8. The predicted octanol–water partition coefficient (Wildman–Crippen LogP) is 2.74. The highest BCUT2D eigenvalue weighted by Gasteiger charge is 2.28. The van der Waals surface area contributed by atoms with Crippen molar-refractivity contribution >= 4 is 22.7 Å². The molecule has 2 aromatic rings. The number of carbonyl (C=O) groups excluding carboxylic acids is 2. The normalized spacial score (nSPS) is 23.6. The van der Waals surface area contributed by atoms with Crippen LogP contribution in [0.4, 0.5) is 0 Å². The Kier molecular flexibility index (Phi) is 5.63. The molecule has 2 fully saturated rings. The number of rotatable bonds is 3. The van der Waals surface area contributed by atoms with Crippen LogP contribution in [0.2, 0.25) is 0 Å². The standard InChI is InChI=1S/C23H32N4O2/c1-16-4-5-19-12-21(24-20(19)11-16)23(29)26-8-6-25(7-9-26)15-22(28)27-13-17(2)10-18(3)14-27/h4-5,11-12,17-18,24H,6-10,13-15H2,1-3H3. The smallest absolute Gasteiger partial charge is 0.270 e. The van der Waals surface area contributed by atoms with Crippen LogP contribution in [0.15, 0.2) is 24.3 Å². The van der Waals surface area contributed by atoms with Crippen molar-refractivity contribution in [3.8, 4) is 0 Å². The fourth-order valence-electron chi connectivity index (χ4n) is 4.79. The third kappa shape index (κ3) is 4.47. The van der Waals surface area contributed by atoms with Crippen LogP contribution in [-0.2, 0) is 4.79 Å². The van der Waals surface area contributed by atoms with Gasteiger partial charge in [-0.3, -0.25) is 14.5 Å². The number of amides is 2. The van der Waals surface area contributed by atoms with Crippen molar-refractivity contribution in [2.24, 2.45) is 11.8 Å². The van der Waals surface area contributed by atoms with Gasteiger partial charge >= 0.3 is 0 Å². The number of fused-ring (bicyclic) bond motifs is 1. The Bertz CT molecular complexity index is 887. The number of piperazine rings is 1. The number of benzene rings is 1. The molecule has 1 aromatic carbocycles. The summed E-state index contributed by atoms with van der Waals surface area (Å²) in [5, 5.41) is 1.06. The second kappa shape index (κ2) is 8.19. The van der Waals surface area contributed by atoms with E-state index in [-0.39, 0.29) is 11.8 Å². The van der Waals surface area contributed by atoms with Gasteiger partial charge in [-0.25, -0.2) is 0 Å².